The van der Waals surface area contributed by atoms with Crippen molar-refractivity contribution in [1.82, 2.24) is 10.2 Å². The molecule has 1 amide bonds. The molecule has 0 atom stereocenters. The van der Waals surface area contributed by atoms with Gasteiger partial charge in [0.1, 0.15) is 0 Å². The molecule has 162 valence electrons. The second-order valence-corrected chi connectivity index (χ2v) is 7.87. The first-order valence-corrected chi connectivity index (χ1v) is 10.4. The number of benzene rings is 2. The zero-order valence-electron chi connectivity index (χ0n) is 18.4. The van der Waals surface area contributed by atoms with Crippen LogP contribution >= 0.6 is 0 Å². The van der Waals surface area contributed by atoms with Crippen LogP contribution < -0.4 is 19.5 Å². The summed E-state index contributed by atoms with van der Waals surface area (Å²) in [4.78, 5) is 15.1. The van der Waals surface area contributed by atoms with Gasteiger partial charge in [0.2, 0.25) is 5.75 Å². The molecule has 0 radical (unpaired) electrons. The Bertz CT molecular complexity index is 818. The van der Waals surface area contributed by atoms with E-state index in [1.807, 2.05) is 36.4 Å². The summed E-state index contributed by atoms with van der Waals surface area (Å²) in [5.41, 5.74) is 2.76. The summed E-state index contributed by atoms with van der Waals surface area (Å²) in [6.45, 7) is 5.93. The molecule has 3 rings (SSSR count). The maximum absolute atomic E-state index is 12.6. The minimum atomic E-state index is -0.109. The predicted molar refractivity (Wildman–Crippen MR) is 117 cm³/mol. The van der Waals surface area contributed by atoms with Crippen LogP contribution in [0.3, 0.4) is 0 Å². The van der Waals surface area contributed by atoms with Gasteiger partial charge in [0, 0.05) is 18.7 Å². The molecular weight excluding hydrogens is 380 g/mol. The van der Waals surface area contributed by atoms with Gasteiger partial charge in [-0.1, -0.05) is 19.1 Å². The summed E-state index contributed by atoms with van der Waals surface area (Å²) in [5.74, 6) is 2.39. The molecule has 0 unspecified atom stereocenters. The van der Waals surface area contributed by atoms with E-state index >= 15 is 0 Å². The molecule has 1 aliphatic rings. The molecule has 0 aliphatic carbocycles. The number of likely N-dealkylation sites (tertiary alicyclic amines) is 1. The second-order valence-electron chi connectivity index (χ2n) is 7.87. The lowest BCUT2D eigenvalue weighted by Crippen LogP contribution is -2.32. The molecule has 0 aromatic heterocycles. The number of rotatable bonds is 8. The number of ether oxygens (including phenoxy) is 3. The molecule has 0 saturated carbocycles. The highest BCUT2D eigenvalue weighted by molar-refractivity contribution is 5.94. The third kappa shape index (κ3) is 5.45. The minimum absolute atomic E-state index is 0.109. The van der Waals surface area contributed by atoms with Crippen LogP contribution in [-0.2, 0) is 13.1 Å². The number of carbonyl (C=O) groups excluding carboxylic acids is 1. The normalized spacial score (nSPS) is 14.9. The SMILES string of the molecule is COc1cc(CNC(=O)c2ccc(CN3CCC(C)CC3)cc2)cc(OC)c1OC. The van der Waals surface area contributed by atoms with Crippen LogP contribution in [-0.4, -0.2) is 45.2 Å². The smallest absolute Gasteiger partial charge is 0.251 e. The van der Waals surface area contributed by atoms with Crippen LogP contribution in [0.4, 0.5) is 0 Å². The fourth-order valence-corrected chi connectivity index (χ4v) is 3.76. The Hall–Kier alpha value is -2.73. The highest BCUT2D eigenvalue weighted by Crippen LogP contribution is 2.38. The van der Waals surface area contributed by atoms with Gasteiger partial charge in [-0.05, 0) is 67.2 Å². The van der Waals surface area contributed by atoms with E-state index in [1.165, 1.54) is 18.4 Å². The summed E-state index contributed by atoms with van der Waals surface area (Å²) in [7, 11) is 4.72. The maximum Gasteiger partial charge on any atom is 0.251 e. The van der Waals surface area contributed by atoms with Gasteiger partial charge in [-0.15, -0.1) is 0 Å². The zero-order chi connectivity index (χ0) is 21.5. The van der Waals surface area contributed by atoms with Gasteiger partial charge < -0.3 is 19.5 Å². The van der Waals surface area contributed by atoms with Crippen molar-refractivity contribution < 1.29 is 19.0 Å². The van der Waals surface area contributed by atoms with E-state index in [4.69, 9.17) is 14.2 Å². The average molecular weight is 413 g/mol. The van der Waals surface area contributed by atoms with Crippen LogP contribution in [0.5, 0.6) is 17.2 Å². The van der Waals surface area contributed by atoms with Gasteiger partial charge in [0.15, 0.2) is 11.5 Å². The van der Waals surface area contributed by atoms with E-state index in [2.05, 4.69) is 17.1 Å². The zero-order valence-corrected chi connectivity index (χ0v) is 18.4. The number of piperidine rings is 1. The molecule has 2 aromatic carbocycles. The lowest BCUT2D eigenvalue weighted by molar-refractivity contribution is 0.0950. The molecule has 30 heavy (non-hydrogen) atoms. The number of methoxy groups -OCH3 is 3. The largest absolute Gasteiger partial charge is 0.493 e. The van der Waals surface area contributed by atoms with Gasteiger partial charge in [0.05, 0.1) is 21.3 Å². The van der Waals surface area contributed by atoms with E-state index in [1.54, 1.807) is 21.3 Å². The van der Waals surface area contributed by atoms with Crippen LogP contribution in [0.15, 0.2) is 36.4 Å². The van der Waals surface area contributed by atoms with Crippen molar-refractivity contribution in [3.8, 4) is 17.2 Å². The molecule has 0 spiro atoms. The number of nitrogens with zero attached hydrogens (tertiary/aromatic N) is 1. The van der Waals surface area contributed by atoms with E-state index in [9.17, 15) is 4.79 Å². The van der Waals surface area contributed by atoms with E-state index in [-0.39, 0.29) is 5.91 Å². The summed E-state index contributed by atoms with van der Waals surface area (Å²) < 4.78 is 16.1. The molecule has 1 heterocycles. The van der Waals surface area contributed by atoms with Crippen LogP contribution in [0, 0.1) is 5.92 Å². The van der Waals surface area contributed by atoms with Crippen LogP contribution in [0.2, 0.25) is 0 Å². The number of hydrogen-bond acceptors (Lipinski definition) is 5. The summed E-state index contributed by atoms with van der Waals surface area (Å²) in [6, 6.07) is 11.6. The molecule has 1 saturated heterocycles. The Morgan fingerprint density at radius 3 is 2.10 bits per heavy atom. The van der Waals surface area contributed by atoms with Crippen molar-refractivity contribution in [2.24, 2.45) is 5.92 Å². The summed E-state index contributed by atoms with van der Waals surface area (Å²) >= 11 is 0. The van der Waals surface area contributed by atoms with Crippen molar-refractivity contribution in [1.29, 1.82) is 0 Å². The lowest BCUT2D eigenvalue weighted by Gasteiger charge is -2.30. The topological polar surface area (TPSA) is 60.0 Å². The van der Waals surface area contributed by atoms with Crippen LogP contribution in [0.1, 0.15) is 41.3 Å². The Morgan fingerprint density at radius 2 is 1.57 bits per heavy atom. The third-order valence-corrected chi connectivity index (χ3v) is 5.68. The summed E-state index contributed by atoms with van der Waals surface area (Å²) in [6.07, 6.45) is 2.53. The highest BCUT2D eigenvalue weighted by Gasteiger charge is 2.16. The fourth-order valence-electron chi connectivity index (χ4n) is 3.76. The van der Waals surface area contributed by atoms with Crippen molar-refractivity contribution >= 4 is 5.91 Å². The number of nitrogens with one attached hydrogen (secondary N) is 1. The van der Waals surface area contributed by atoms with Crippen molar-refractivity contribution in [3.05, 3.63) is 53.1 Å². The molecular formula is C24H32N2O4. The Balaban J connectivity index is 1.58. The molecule has 0 bridgehead atoms. The minimum Gasteiger partial charge on any atom is -0.493 e. The van der Waals surface area contributed by atoms with Crippen molar-refractivity contribution in [3.63, 3.8) is 0 Å². The first-order valence-electron chi connectivity index (χ1n) is 10.4. The molecule has 6 nitrogen and oxygen atoms in total. The van der Waals surface area contributed by atoms with Gasteiger partial charge in [0.25, 0.3) is 5.91 Å². The van der Waals surface area contributed by atoms with E-state index < -0.39 is 0 Å². The van der Waals surface area contributed by atoms with Gasteiger partial charge in [-0.2, -0.15) is 0 Å². The first kappa shape index (κ1) is 22.0. The Morgan fingerprint density at radius 1 is 0.967 bits per heavy atom. The number of carbonyl (C=O) groups is 1. The van der Waals surface area contributed by atoms with Gasteiger partial charge in [-0.3, -0.25) is 9.69 Å². The first-order chi connectivity index (χ1) is 14.5. The van der Waals surface area contributed by atoms with E-state index in [0.717, 1.165) is 31.1 Å². The van der Waals surface area contributed by atoms with Gasteiger partial charge in [-0.25, -0.2) is 0 Å². The molecule has 1 aliphatic heterocycles. The lowest BCUT2D eigenvalue weighted by atomic mass is 9.99. The standard InChI is InChI=1S/C24H32N2O4/c1-17-9-11-26(12-10-17)16-18-5-7-20(8-6-18)24(27)25-15-19-13-21(28-2)23(30-4)22(14-19)29-3/h5-8,13-14,17H,9-12,15-16H2,1-4H3,(H,25,27). The summed E-state index contributed by atoms with van der Waals surface area (Å²) in [5, 5.41) is 2.96. The maximum atomic E-state index is 12.6. The molecule has 1 fully saturated rings. The monoisotopic (exact) mass is 412 g/mol. The predicted octanol–water partition coefficient (Wildman–Crippen LogP) is 3.87. The quantitative estimate of drug-likeness (QED) is 0.713. The molecule has 1 N–H and O–H groups in total. The second kappa shape index (κ2) is 10.3. The van der Waals surface area contributed by atoms with Crippen molar-refractivity contribution in [2.45, 2.75) is 32.9 Å². The highest BCUT2D eigenvalue weighted by atomic mass is 16.5. The molecule has 2 aromatic rings. The van der Waals surface area contributed by atoms with Crippen LogP contribution in [0.25, 0.3) is 0 Å². The third-order valence-electron chi connectivity index (χ3n) is 5.68. The molecule has 6 heteroatoms. The average Bonchev–Trinajstić information content (AvgIpc) is 2.78. The fraction of sp³-hybridized carbons (Fsp3) is 0.458. The number of hydrogen-bond donors (Lipinski definition) is 1. The number of amides is 1. The van der Waals surface area contributed by atoms with E-state index in [0.29, 0.717) is 29.4 Å². The van der Waals surface area contributed by atoms with Crippen molar-refractivity contribution in [2.75, 3.05) is 34.4 Å². The Kier molecular flexibility index (Phi) is 7.57. The van der Waals surface area contributed by atoms with Gasteiger partial charge >= 0.3 is 0 Å². The Labute approximate surface area is 179 Å².